The van der Waals surface area contributed by atoms with Crippen molar-refractivity contribution in [2.45, 2.75) is 33.1 Å². The third kappa shape index (κ3) is 3.31. The maximum atomic E-state index is 13.0. The molecule has 5 nitrogen and oxygen atoms in total. The van der Waals surface area contributed by atoms with Gasteiger partial charge >= 0.3 is 0 Å². The molecule has 0 aliphatic rings. The molecule has 0 spiro atoms. The second-order valence-electron chi connectivity index (χ2n) is 7.79. The molecule has 28 heavy (non-hydrogen) atoms. The van der Waals surface area contributed by atoms with Gasteiger partial charge in [0.2, 0.25) is 0 Å². The lowest BCUT2D eigenvalue weighted by molar-refractivity contribution is 0.103. The van der Waals surface area contributed by atoms with Crippen molar-refractivity contribution in [2.75, 3.05) is 5.32 Å². The predicted octanol–water partition coefficient (Wildman–Crippen LogP) is 5.32. The van der Waals surface area contributed by atoms with Gasteiger partial charge in [0.1, 0.15) is 22.0 Å². The van der Waals surface area contributed by atoms with Crippen LogP contribution in [0.15, 0.2) is 54.9 Å². The topological polar surface area (TPSA) is 59.3 Å². The Morgan fingerprint density at radius 3 is 2.54 bits per heavy atom. The van der Waals surface area contributed by atoms with Crippen LogP contribution in [0.2, 0.25) is 0 Å². The van der Waals surface area contributed by atoms with Crippen molar-refractivity contribution < 1.29 is 4.79 Å². The minimum atomic E-state index is -0.173. The summed E-state index contributed by atoms with van der Waals surface area (Å²) in [6, 6.07) is 13.9. The molecule has 3 aromatic heterocycles. The summed E-state index contributed by atoms with van der Waals surface area (Å²) in [5.74, 6) is 0.495. The largest absolute Gasteiger partial charge is 0.305 e. The molecular formula is C22H22N4OS. The zero-order chi connectivity index (χ0) is 19.9. The zero-order valence-corrected chi connectivity index (χ0v) is 17.2. The SMILES string of the molecule is Cc1cccn2c(NC(=O)c3cnc(C(C)(C)C)s3)c(-c3ccccc3)nc12. The highest BCUT2D eigenvalue weighted by molar-refractivity contribution is 7.13. The van der Waals surface area contributed by atoms with Gasteiger partial charge in [0.05, 0.1) is 11.2 Å². The number of aromatic nitrogens is 3. The molecule has 0 fully saturated rings. The number of hydrogen-bond acceptors (Lipinski definition) is 4. The first-order valence-corrected chi connectivity index (χ1v) is 9.97. The lowest BCUT2D eigenvalue weighted by Gasteiger charge is -2.13. The van der Waals surface area contributed by atoms with Gasteiger partial charge in [-0.05, 0) is 18.6 Å². The molecule has 0 aliphatic heterocycles. The Morgan fingerprint density at radius 1 is 1.11 bits per heavy atom. The normalized spacial score (nSPS) is 11.7. The van der Waals surface area contributed by atoms with Crippen LogP contribution in [0.1, 0.15) is 41.0 Å². The Kier molecular flexibility index (Phi) is 4.51. The van der Waals surface area contributed by atoms with Gasteiger partial charge in [0.15, 0.2) is 0 Å². The van der Waals surface area contributed by atoms with Crippen LogP contribution in [0.4, 0.5) is 5.82 Å². The highest BCUT2D eigenvalue weighted by atomic mass is 32.1. The van der Waals surface area contributed by atoms with Crippen LogP contribution in [0, 0.1) is 6.92 Å². The van der Waals surface area contributed by atoms with E-state index in [1.54, 1.807) is 6.20 Å². The molecule has 142 valence electrons. The highest BCUT2D eigenvalue weighted by Gasteiger charge is 2.22. The fourth-order valence-electron chi connectivity index (χ4n) is 3.02. The summed E-state index contributed by atoms with van der Waals surface area (Å²) >= 11 is 1.43. The molecule has 0 aliphatic carbocycles. The number of amides is 1. The van der Waals surface area contributed by atoms with Gasteiger partial charge in [-0.25, -0.2) is 9.97 Å². The monoisotopic (exact) mass is 390 g/mol. The van der Waals surface area contributed by atoms with E-state index in [1.807, 2.05) is 60.0 Å². The molecule has 1 N–H and O–H groups in total. The van der Waals surface area contributed by atoms with E-state index in [4.69, 9.17) is 4.98 Å². The molecule has 1 aromatic carbocycles. The van der Waals surface area contributed by atoms with Crippen LogP contribution < -0.4 is 5.32 Å². The predicted molar refractivity (Wildman–Crippen MR) is 114 cm³/mol. The number of carbonyl (C=O) groups is 1. The average Bonchev–Trinajstić information content (AvgIpc) is 3.29. The Balaban J connectivity index is 1.78. The Labute approximate surface area is 168 Å². The number of thiazole rings is 1. The van der Waals surface area contributed by atoms with Crippen molar-refractivity contribution in [2.24, 2.45) is 0 Å². The van der Waals surface area contributed by atoms with E-state index >= 15 is 0 Å². The number of imidazole rings is 1. The molecule has 0 bridgehead atoms. The van der Waals surface area contributed by atoms with Crippen LogP contribution in [-0.2, 0) is 5.41 Å². The third-order valence-electron chi connectivity index (χ3n) is 4.50. The molecule has 0 radical (unpaired) electrons. The second kappa shape index (κ2) is 6.87. The first-order valence-electron chi connectivity index (χ1n) is 9.15. The van der Waals surface area contributed by atoms with Gasteiger partial charge in [-0.15, -0.1) is 11.3 Å². The molecule has 4 aromatic rings. The first kappa shape index (κ1) is 18.4. The lowest BCUT2D eigenvalue weighted by Crippen LogP contribution is -2.13. The number of nitrogens with zero attached hydrogens (tertiary/aromatic N) is 3. The highest BCUT2D eigenvalue weighted by Crippen LogP contribution is 2.31. The molecular weight excluding hydrogens is 368 g/mol. The molecule has 4 rings (SSSR count). The molecule has 6 heteroatoms. The number of pyridine rings is 1. The van der Waals surface area contributed by atoms with Gasteiger partial charge in [-0.3, -0.25) is 9.20 Å². The third-order valence-corrected chi connectivity index (χ3v) is 5.92. The zero-order valence-electron chi connectivity index (χ0n) is 16.4. The number of rotatable bonds is 3. The van der Waals surface area contributed by atoms with Crippen LogP contribution in [0.25, 0.3) is 16.9 Å². The van der Waals surface area contributed by atoms with Crippen molar-refractivity contribution in [1.82, 2.24) is 14.4 Å². The van der Waals surface area contributed by atoms with Gasteiger partial charge in [0, 0.05) is 17.2 Å². The summed E-state index contributed by atoms with van der Waals surface area (Å²) in [6.07, 6.45) is 3.57. The Hall–Kier alpha value is -2.99. The summed E-state index contributed by atoms with van der Waals surface area (Å²) in [7, 11) is 0. The first-order chi connectivity index (χ1) is 13.3. The van der Waals surface area contributed by atoms with Crippen molar-refractivity contribution in [1.29, 1.82) is 0 Å². The Morgan fingerprint density at radius 2 is 1.86 bits per heavy atom. The molecule has 0 saturated heterocycles. The smallest absolute Gasteiger partial charge is 0.268 e. The van der Waals surface area contributed by atoms with Gasteiger partial charge in [0.25, 0.3) is 5.91 Å². The van der Waals surface area contributed by atoms with Crippen LogP contribution in [0.3, 0.4) is 0 Å². The molecule has 3 heterocycles. The number of anilines is 1. The summed E-state index contributed by atoms with van der Waals surface area (Å²) in [4.78, 5) is 22.8. The quantitative estimate of drug-likeness (QED) is 0.515. The number of nitrogens with one attached hydrogen (secondary N) is 1. The van der Waals surface area contributed by atoms with Gasteiger partial charge < -0.3 is 5.32 Å². The molecule has 0 atom stereocenters. The standard InChI is InChI=1S/C22H22N4OS/c1-14-9-8-12-26-18(14)24-17(15-10-6-5-7-11-15)19(26)25-20(27)16-13-23-21(28-16)22(2,3)4/h5-13H,1-4H3,(H,25,27). The second-order valence-corrected chi connectivity index (χ2v) is 8.82. The maximum Gasteiger partial charge on any atom is 0.268 e. The summed E-state index contributed by atoms with van der Waals surface area (Å²) in [5, 5.41) is 4.01. The fourth-order valence-corrected chi connectivity index (χ4v) is 3.88. The minimum Gasteiger partial charge on any atom is -0.305 e. The number of aryl methyl sites for hydroxylation is 1. The minimum absolute atomic E-state index is 0.0845. The number of hydrogen-bond donors (Lipinski definition) is 1. The molecule has 0 saturated carbocycles. The summed E-state index contributed by atoms with van der Waals surface area (Å²) in [5.41, 5.74) is 3.51. The van der Waals surface area contributed by atoms with Gasteiger partial charge in [-0.2, -0.15) is 0 Å². The average molecular weight is 391 g/mol. The summed E-state index contributed by atoms with van der Waals surface area (Å²) < 4.78 is 1.93. The van der Waals surface area contributed by atoms with E-state index in [0.717, 1.165) is 27.5 Å². The fraction of sp³-hybridized carbons (Fsp3) is 0.227. The Bertz CT molecular complexity index is 1150. The van der Waals surface area contributed by atoms with Crippen molar-refractivity contribution in [3.63, 3.8) is 0 Å². The van der Waals surface area contributed by atoms with E-state index in [1.165, 1.54) is 11.3 Å². The van der Waals surface area contributed by atoms with E-state index in [-0.39, 0.29) is 11.3 Å². The van der Waals surface area contributed by atoms with Crippen LogP contribution in [-0.4, -0.2) is 20.3 Å². The van der Waals surface area contributed by atoms with E-state index < -0.39 is 0 Å². The lowest BCUT2D eigenvalue weighted by atomic mass is 9.98. The van der Waals surface area contributed by atoms with E-state index in [2.05, 4.69) is 31.1 Å². The molecule has 1 amide bonds. The van der Waals surface area contributed by atoms with E-state index in [0.29, 0.717) is 10.7 Å². The maximum absolute atomic E-state index is 13.0. The number of fused-ring (bicyclic) bond motifs is 1. The van der Waals surface area contributed by atoms with Crippen molar-refractivity contribution >= 4 is 28.7 Å². The van der Waals surface area contributed by atoms with E-state index in [9.17, 15) is 4.79 Å². The summed E-state index contributed by atoms with van der Waals surface area (Å²) in [6.45, 7) is 8.29. The van der Waals surface area contributed by atoms with Crippen LogP contribution >= 0.6 is 11.3 Å². The number of benzene rings is 1. The van der Waals surface area contributed by atoms with Crippen molar-refractivity contribution in [3.05, 3.63) is 70.3 Å². The van der Waals surface area contributed by atoms with Gasteiger partial charge in [-0.1, -0.05) is 57.2 Å². The van der Waals surface area contributed by atoms with Crippen LogP contribution in [0.5, 0.6) is 0 Å². The van der Waals surface area contributed by atoms with Crippen molar-refractivity contribution in [3.8, 4) is 11.3 Å². The molecule has 0 unspecified atom stereocenters. The number of carbonyl (C=O) groups excluding carboxylic acids is 1.